The van der Waals surface area contributed by atoms with E-state index in [1.165, 1.54) is 11.8 Å². The Labute approximate surface area is 173 Å². The minimum absolute atomic E-state index is 0.0446. The highest BCUT2D eigenvalue weighted by atomic mass is 79.9. The van der Waals surface area contributed by atoms with Crippen LogP contribution in [0.15, 0.2) is 63.2 Å². The zero-order valence-electron chi connectivity index (χ0n) is 13.9. The van der Waals surface area contributed by atoms with Gasteiger partial charge in [-0.15, -0.1) is 5.10 Å². The topological polar surface area (TPSA) is 82.9 Å². The summed E-state index contributed by atoms with van der Waals surface area (Å²) in [6, 6.07) is 14.4. The quantitative estimate of drug-likeness (QED) is 0.516. The lowest BCUT2D eigenvalue weighted by molar-refractivity contribution is -0.122. The number of amidine groups is 1. The number of nitrogens with one attached hydrogen (secondary N) is 2. The van der Waals surface area contributed by atoms with Crippen LogP contribution in [0.4, 0.5) is 5.69 Å². The molecule has 1 aliphatic rings. The van der Waals surface area contributed by atoms with Crippen molar-refractivity contribution >= 4 is 68.2 Å². The van der Waals surface area contributed by atoms with Gasteiger partial charge >= 0.3 is 0 Å². The van der Waals surface area contributed by atoms with Gasteiger partial charge in [0.2, 0.25) is 11.8 Å². The number of nitrogens with zero attached hydrogens (tertiary/aromatic N) is 2. The molecule has 0 aliphatic carbocycles. The Morgan fingerprint density at radius 2 is 2.07 bits per heavy atom. The summed E-state index contributed by atoms with van der Waals surface area (Å²) >= 11 is 10.4. The third-order valence-corrected chi connectivity index (χ3v) is 5.30. The predicted molar refractivity (Wildman–Crippen MR) is 113 cm³/mol. The maximum atomic E-state index is 12.2. The summed E-state index contributed by atoms with van der Waals surface area (Å²) in [5, 5.41) is 13.8. The van der Waals surface area contributed by atoms with Crippen LogP contribution in [-0.4, -0.2) is 28.4 Å². The van der Waals surface area contributed by atoms with Gasteiger partial charge in [-0.3, -0.25) is 9.59 Å². The Morgan fingerprint density at radius 1 is 1.30 bits per heavy atom. The van der Waals surface area contributed by atoms with Gasteiger partial charge in [0.1, 0.15) is 5.25 Å². The smallest absolute Gasteiger partial charge is 0.240 e. The van der Waals surface area contributed by atoms with E-state index < -0.39 is 5.25 Å². The molecule has 9 heteroatoms. The molecule has 2 aromatic carbocycles. The summed E-state index contributed by atoms with van der Waals surface area (Å²) in [4.78, 5) is 24.2. The lowest BCUT2D eigenvalue weighted by Gasteiger charge is -2.07. The molecule has 6 nitrogen and oxygen atoms in total. The van der Waals surface area contributed by atoms with Crippen LogP contribution in [0, 0.1) is 0 Å². The highest BCUT2D eigenvalue weighted by Gasteiger charge is 2.32. The van der Waals surface area contributed by atoms with E-state index in [2.05, 4.69) is 36.8 Å². The number of hydrogen-bond acceptors (Lipinski definition) is 5. The maximum Gasteiger partial charge on any atom is 0.240 e. The number of rotatable bonds is 5. The van der Waals surface area contributed by atoms with Crippen molar-refractivity contribution < 1.29 is 9.59 Å². The van der Waals surface area contributed by atoms with Crippen LogP contribution < -0.4 is 10.6 Å². The monoisotopic (exact) mass is 464 g/mol. The Balaban J connectivity index is 1.55. The summed E-state index contributed by atoms with van der Waals surface area (Å²) in [6.07, 6.45) is 1.60. The number of benzene rings is 2. The van der Waals surface area contributed by atoms with Crippen LogP contribution in [0.25, 0.3) is 0 Å². The number of halogens is 2. The van der Waals surface area contributed by atoms with Crippen LogP contribution in [-0.2, 0) is 9.59 Å². The third kappa shape index (κ3) is 5.92. The molecular formula is C18H14BrClN4O2S. The first-order valence-electron chi connectivity index (χ1n) is 7.89. The van der Waals surface area contributed by atoms with Gasteiger partial charge in [0.25, 0.3) is 0 Å². The van der Waals surface area contributed by atoms with E-state index in [1.54, 1.807) is 30.5 Å². The molecule has 3 rings (SSSR count). The molecule has 1 saturated heterocycles. The van der Waals surface area contributed by atoms with Crippen molar-refractivity contribution in [1.82, 2.24) is 5.32 Å². The van der Waals surface area contributed by atoms with Crippen molar-refractivity contribution in [2.75, 3.05) is 5.32 Å². The molecule has 0 spiro atoms. The van der Waals surface area contributed by atoms with Crippen molar-refractivity contribution in [2.24, 2.45) is 10.2 Å². The second-order valence-electron chi connectivity index (χ2n) is 5.56. The fourth-order valence-corrected chi connectivity index (χ4v) is 3.68. The number of carbonyl (C=O) groups is 2. The number of amides is 2. The van der Waals surface area contributed by atoms with Crippen molar-refractivity contribution in [3.05, 3.63) is 63.6 Å². The average molecular weight is 466 g/mol. The van der Waals surface area contributed by atoms with Gasteiger partial charge < -0.3 is 10.6 Å². The molecule has 1 atom stereocenters. The molecule has 0 bridgehead atoms. The lowest BCUT2D eigenvalue weighted by Crippen LogP contribution is -2.28. The molecule has 0 radical (unpaired) electrons. The van der Waals surface area contributed by atoms with Crippen molar-refractivity contribution in [3.63, 3.8) is 0 Å². The van der Waals surface area contributed by atoms with E-state index in [9.17, 15) is 9.59 Å². The fraction of sp³-hybridized carbons (Fsp3) is 0.111. The Kier molecular flexibility index (Phi) is 6.65. The molecule has 2 N–H and O–H groups in total. The molecule has 0 saturated carbocycles. The van der Waals surface area contributed by atoms with Gasteiger partial charge in [0, 0.05) is 21.6 Å². The van der Waals surface area contributed by atoms with Gasteiger partial charge in [-0.05, 0) is 35.9 Å². The molecule has 0 unspecified atom stereocenters. The molecule has 27 heavy (non-hydrogen) atoms. The van der Waals surface area contributed by atoms with Crippen LogP contribution in [0.5, 0.6) is 0 Å². The van der Waals surface area contributed by atoms with Crippen LogP contribution in [0.1, 0.15) is 12.0 Å². The standard InChI is InChI=1S/C18H14BrClN4O2S/c19-12-2-1-3-14(8-12)22-16(25)9-15-17(26)23-18(27-15)24-21-10-11-4-6-13(20)7-5-11/h1-8,10,15H,9H2,(H,22,25)(H,23,24,26)/b21-10-/t15-/m1/s1. The van der Waals surface area contributed by atoms with E-state index >= 15 is 0 Å². The number of carbonyl (C=O) groups excluding carboxylic acids is 2. The van der Waals surface area contributed by atoms with E-state index in [0.29, 0.717) is 15.9 Å². The van der Waals surface area contributed by atoms with E-state index in [1.807, 2.05) is 24.3 Å². The zero-order valence-corrected chi connectivity index (χ0v) is 17.0. The second-order valence-corrected chi connectivity index (χ2v) is 8.10. The largest absolute Gasteiger partial charge is 0.326 e. The summed E-state index contributed by atoms with van der Waals surface area (Å²) < 4.78 is 0.862. The fourth-order valence-electron chi connectivity index (χ4n) is 2.23. The maximum absolute atomic E-state index is 12.2. The van der Waals surface area contributed by atoms with Gasteiger partial charge in [0.05, 0.1) is 6.21 Å². The predicted octanol–water partition coefficient (Wildman–Crippen LogP) is 4.05. The minimum Gasteiger partial charge on any atom is -0.326 e. The summed E-state index contributed by atoms with van der Waals surface area (Å²) in [6.45, 7) is 0. The number of hydrogen-bond donors (Lipinski definition) is 2. The molecular weight excluding hydrogens is 452 g/mol. The zero-order chi connectivity index (χ0) is 19.2. The Hall–Kier alpha value is -2.16. The van der Waals surface area contributed by atoms with Crippen LogP contribution >= 0.6 is 39.3 Å². The van der Waals surface area contributed by atoms with Crippen molar-refractivity contribution in [1.29, 1.82) is 0 Å². The first-order valence-corrected chi connectivity index (χ1v) is 9.94. The second kappa shape index (κ2) is 9.16. The van der Waals surface area contributed by atoms with Crippen molar-refractivity contribution in [2.45, 2.75) is 11.7 Å². The molecule has 138 valence electrons. The number of thioether (sulfide) groups is 1. The van der Waals surface area contributed by atoms with Gasteiger partial charge in [-0.25, -0.2) is 0 Å². The average Bonchev–Trinajstić information content (AvgIpc) is 2.96. The molecule has 1 aliphatic heterocycles. The normalized spacial score (nSPS) is 18.1. The highest BCUT2D eigenvalue weighted by molar-refractivity contribution is 9.10. The molecule has 2 aromatic rings. The highest BCUT2D eigenvalue weighted by Crippen LogP contribution is 2.23. The summed E-state index contributed by atoms with van der Waals surface area (Å²) in [7, 11) is 0. The van der Waals surface area contributed by atoms with Gasteiger partial charge in [-0.1, -0.05) is 57.5 Å². The van der Waals surface area contributed by atoms with Crippen molar-refractivity contribution in [3.8, 4) is 0 Å². The first-order chi connectivity index (χ1) is 13.0. The lowest BCUT2D eigenvalue weighted by atomic mass is 10.2. The molecule has 1 heterocycles. The van der Waals surface area contributed by atoms with Crippen LogP contribution in [0.2, 0.25) is 5.02 Å². The van der Waals surface area contributed by atoms with Crippen LogP contribution in [0.3, 0.4) is 0 Å². The number of anilines is 1. The Bertz CT molecular complexity index is 918. The summed E-state index contributed by atoms with van der Waals surface area (Å²) in [5.41, 5.74) is 1.50. The molecule has 2 amide bonds. The summed E-state index contributed by atoms with van der Waals surface area (Å²) in [5.74, 6) is -0.503. The first kappa shape index (κ1) is 19.6. The SMILES string of the molecule is O=C(C[C@H]1S/C(=N/N=C\c2ccc(Cl)cc2)NC1=O)Nc1cccc(Br)c1. The third-order valence-electron chi connectivity index (χ3n) is 3.48. The Morgan fingerprint density at radius 3 is 2.81 bits per heavy atom. The molecule has 1 fully saturated rings. The molecule has 0 aromatic heterocycles. The van der Waals surface area contributed by atoms with E-state index in [-0.39, 0.29) is 18.2 Å². The minimum atomic E-state index is -0.540. The van der Waals surface area contributed by atoms with Gasteiger partial charge in [-0.2, -0.15) is 5.10 Å². The van der Waals surface area contributed by atoms with E-state index in [4.69, 9.17) is 11.6 Å². The van der Waals surface area contributed by atoms with E-state index in [0.717, 1.165) is 10.0 Å². The van der Waals surface area contributed by atoms with Gasteiger partial charge in [0.15, 0.2) is 5.17 Å².